The molecule has 0 radical (unpaired) electrons. The van der Waals surface area contributed by atoms with E-state index in [1.165, 1.54) is 11.3 Å². The Morgan fingerprint density at radius 2 is 2.26 bits per heavy atom. The molecule has 0 aromatic carbocycles. The van der Waals surface area contributed by atoms with E-state index in [0.717, 1.165) is 24.1 Å². The van der Waals surface area contributed by atoms with Crippen LogP contribution in [-0.2, 0) is 4.79 Å². The van der Waals surface area contributed by atoms with Crippen LogP contribution in [0.4, 0.5) is 9.93 Å². The number of nitrogens with two attached hydrogens (primary N) is 1. The largest absolute Gasteiger partial charge is 0.370 e. The molecule has 1 atom stereocenters. The Balaban J connectivity index is 1.59. The fourth-order valence-electron chi connectivity index (χ4n) is 2.33. The number of urea groups is 1. The quantitative estimate of drug-likeness (QED) is 0.751. The molecule has 1 fully saturated rings. The standard InChI is InChI=1S/C15H17N5O2S/c16-13(21)6-11(9-3-4-9)18-14(22)20-15-19-12(8-23-15)10-2-1-5-17-7-10/h1-2,5,7-9,11H,3-4,6H2,(H2,16,21)(H2,18,19,20,22). The molecule has 0 bridgehead atoms. The number of nitrogens with zero attached hydrogens (tertiary/aromatic N) is 2. The average molecular weight is 331 g/mol. The number of hydrogen-bond acceptors (Lipinski definition) is 5. The van der Waals surface area contributed by atoms with Crippen molar-refractivity contribution in [2.24, 2.45) is 11.7 Å². The van der Waals surface area contributed by atoms with E-state index >= 15 is 0 Å². The van der Waals surface area contributed by atoms with Crippen molar-refractivity contribution in [3.8, 4) is 11.3 Å². The predicted molar refractivity (Wildman–Crippen MR) is 87.8 cm³/mol. The van der Waals surface area contributed by atoms with E-state index < -0.39 is 5.91 Å². The van der Waals surface area contributed by atoms with E-state index in [0.29, 0.717) is 11.0 Å². The molecule has 0 spiro atoms. The molecule has 23 heavy (non-hydrogen) atoms. The van der Waals surface area contributed by atoms with Gasteiger partial charge in [0.1, 0.15) is 0 Å². The Bertz CT molecular complexity index is 699. The second-order valence-corrected chi connectivity index (χ2v) is 6.35. The minimum Gasteiger partial charge on any atom is -0.370 e. The van der Waals surface area contributed by atoms with Gasteiger partial charge in [-0.05, 0) is 30.9 Å². The summed E-state index contributed by atoms with van der Waals surface area (Å²) in [6.45, 7) is 0. The van der Waals surface area contributed by atoms with Gasteiger partial charge in [-0.15, -0.1) is 11.3 Å². The first kappa shape index (κ1) is 15.4. The van der Waals surface area contributed by atoms with Crippen molar-refractivity contribution < 1.29 is 9.59 Å². The monoisotopic (exact) mass is 331 g/mol. The van der Waals surface area contributed by atoms with Crippen molar-refractivity contribution in [2.45, 2.75) is 25.3 Å². The molecule has 1 unspecified atom stereocenters. The minimum absolute atomic E-state index is 0.164. The highest BCUT2D eigenvalue weighted by molar-refractivity contribution is 7.14. The Morgan fingerprint density at radius 1 is 1.43 bits per heavy atom. The van der Waals surface area contributed by atoms with Crippen molar-refractivity contribution in [1.29, 1.82) is 0 Å². The molecule has 7 nitrogen and oxygen atoms in total. The summed E-state index contributed by atoms with van der Waals surface area (Å²) >= 11 is 1.34. The maximum atomic E-state index is 12.1. The van der Waals surface area contributed by atoms with Gasteiger partial charge < -0.3 is 11.1 Å². The van der Waals surface area contributed by atoms with Crippen molar-refractivity contribution in [3.05, 3.63) is 29.9 Å². The molecule has 3 amide bonds. The van der Waals surface area contributed by atoms with Gasteiger partial charge >= 0.3 is 6.03 Å². The fourth-order valence-corrected chi connectivity index (χ4v) is 3.05. The van der Waals surface area contributed by atoms with Crippen LogP contribution < -0.4 is 16.4 Å². The second-order valence-electron chi connectivity index (χ2n) is 5.49. The van der Waals surface area contributed by atoms with Crippen LogP contribution in [0.25, 0.3) is 11.3 Å². The van der Waals surface area contributed by atoms with E-state index in [1.807, 2.05) is 17.5 Å². The lowest BCUT2D eigenvalue weighted by molar-refractivity contribution is -0.118. The Kier molecular flexibility index (Phi) is 4.52. The lowest BCUT2D eigenvalue weighted by Gasteiger charge is -2.16. The van der Waals surface area contributed by atoms with Crippen molar-refractivity contribution in [3.63, 3.8) is 0 Å². The lowest BCUT2D eigenvalue weighted by Crippen LogP contribution is -2.41. The first-order valence-electron chi connectivity index (χ1n) is 7.33. The number of pyridine rings is 1. The molecular weight excluding hydrogens is 314 g/mol. The molecule has 8 heteroatoms. The number of carbonyl (C=O) groups is 2. The molecule has 4 N–H and O–H groups in total. The van der Waals surface area contributed by atoms with Crippen molar-refractivity contribution >= 4 is 28.4 Å². The van der Waals surface area contributed by atoms with Gasteiger partial charge in [0.25, 0.3) is 0 Å². The summed E-state index contributed by atoms with van der Waals surface area (Å²) < 4.78 is 0. The topological polar surface area (TPSA) is 110 Å². The minimum atomic E-state index is -0.407. The van der Waals surface area contributed by atoms with Crippen molar-refractivity contribution in [1.82, 2.24) is 15.3 Å². The first-order valence-corrected chi connectivity index (χ1v) is 8.21. The zero-order valence-corrected chi connectivity index (χ0v) is 13.2. The van der Waals surface area contributed by atoms with Gasteiger partial charge in [0.15, 0.2) is 5.13 Å². The number of anilines is 1. The van der Waals surface area contributed by atoms with Gasteiger partial charge in [-0.25, -0.2) is 9.78 Å². The molecule has 2 aromatic rings. The highest BCUT2D eigenvalue weighted by atomic mass is 32.1. The smallest absolute Gasteiger partial charge is 0.321 e. The number of nitrogens with one attached hydrogen (secondary N) is 2. The van der Waals surface area contributed by atoms with Gasteiger partial charge in [0.05, 0.1) is 5.69 Å². The molecule has 2 heterocycles. The van der Waals surface area contributed by atoms with Crippen LogP contribution in [0.3, 0.4) is 0 Å². The van der Waals surface area contributed by atoms with E-state index in [1.54, 1.807) is 12.4 Å². The Labute approximate surface area is 137 Å². The SMILES string of the molecule is NC(=O)CC(NC(=O)Nc1nc(-c2cccnc2)cs1)C1CC1. The molecule has 0 saturated heterocycles. The van der Waals surface area contributed by atoms with Gasteiger partial charge in [-0.3, -0.25) is 15.1 Å². The predicted octanol–water partition coefficient (Wildman–Crippen LogP) is 1.98. The second kappa shape index (κ2) is 6.74. The van der Waals surface area contributed by atoms with E-state index in [-0.39, 0.29) is 18.5 Å². The van der Waals surface area contributed by atoms with Crippen LogP contribution in [0.5, 0.6) is 0 Å². The number of thiazole rings is 1. The van der Waals surface area contributed by atoms with Gasteiger partial charge in [-0.2, -0.15) is 0 Å². The van der Waals surface area contributed by atoms with Gasteiger partial charge in [0, 0.05) is 35.8 Å². The maximum absolute atomic E-state index is 12.1. The summed E-state index contributed by atoms with van der Waals surface area (Å²) in [5.74, 6) is -0.0641. The van der Waals surface area contributed by atoms with Crippen LogP contribution in [0, 0.1) is 5.92 Å². The maximum Gasteiger partial charge on any atom is 0.321 e. The van der Waals surface area contributed by atoms with Gasteiger partial charge in [-0.1, -0.05) is 0 Å². The van der Waals surface area contributed by atoms with Crippen LogP contribution in [-0.4, -0.2) is 27.9 Å². The molecule has 120 valence electrons. The number of primary amides is 1. The third-order valence-corrected chi connectivity index (χ3v) is 4.37. The van der Waals surface area contributed by atoms with Crippen LogP contribution >= 0.6 is 11.3 Å². The fraction of sp³-hybridized carbons (Fsp3) is 0.333. The molecule has 1 saturated carbocycles. The Morgan fingerprint density at radius 3 is 2.91 bits per heavy atom. The van der Waals surface area contributed by atoms with E-state index in [2.05, 4.69) is 20.6 Å². The normalized spacial score (nSPS) is 15.0. The van der Waals surface area contributed by atoms with Crippen LogP contribution in [0.1, 0.15) is 19.3 Å². The Hall–Kier alpha value is -2.48. The number of amides is 3. The van der Waals surface area contributed by atoms with E-state index in [9.17, 15) is 9.59 Å². The van der Waals surface area contributed by atoms with Crippen LogP contribution in [0.2, 0.25) is 0 Å². The first-order chi connectivity index (χ1) is 11.1. The molecule has 3 rings (SSSR count). The summed E-state index contributed by atoms with van der Waals surface area (Å²) in [5, 5.41) is 7.87. The number of rotatable bonds is 6. The summed E-state index contributed by atoms with van der Waals surface area (Å²) in [4.78, 5) is 31.5. The zero-order chi connectivity index (χ0) is 16.2. The zero-order valence-electron chi connectivity index (χ0n) is 12.4. The van der Waals surface area contributed by atoms with Gasteiger partial charge in [0.2, 0.25) is 5.91 Å². The third-order valence-electron chi connectivity index (χ3n) is 3.61. The summed E-state index contributed by atoms with van der Waals surface area (Å²) in [6, 6.07) is 3.17. The average Bonchev–Trinajstić information content (AvgIpc) is 3.27. The number of carbonyl (C=O) groups excluding carboxylic acids is 2. The molecule has 1 aliphatic rings. The van der Waals surface area contributed by atoms with Crippen LogP contribution in [0.15, 0.2) is 29.9 Å². The summed E-state index contributed by atoms with van der Waals surface area (Å²) in [6.07, 6.45) is 5.60. The molecular formula is C15H17N5O2S. The molecule has 1 aliphatic carbocycles. The summed E-state index contributed by atoms with van der Waals surface area (Å²) in [5.41, 5.74) is 6.88. The molecule has 0 aliphatic heterocycles. The third kappa shape index (κ3) is 4.26. The van der Waals surface area contributed by atoms with Crippen molar-refractivity contribution in [2.75, 3.05) is 5.32 Å². The number of aromatic nitrogens is 2. The number of hydrogen-bond donors (Lipinski definition) is 3. The highest BCUT2D eigenvalue weighted by Crippen LogP contribution is 2.34. The lowest BCUT2D eigenvalue weighted by atomic mass is 10.1. The highest BCUT2D eigenvalue weighted by Gasteiger charge is 2.33. The van der Waals surface area contributed by atoms with E-state index in [4.69, 9.17) is 5.73 Å². The molecule has 2 aromatic heterocycles. The summed E-state index contributed by atoms with van der Waals surface area (Å²) in [7, 11) is 0.